The molecule has 0 fully saturated rings. The molecule has 24 heavy (non-hydrogen) atoms. The molecule has 1 aromatic carbocycles. The Morgan fingerprint density at radius 1 is 1.17 bits per heavy atom. The number of hydrogen-bond acceptors (Lipinski definition) is 4. The Bertz CT molecular complexity index is 658. The van der Waals surface area contributed by atoms with Crippen molar-refractivity contribution in [1.82, 2.24) is 15.2 Å². The Morgan fingerprint density at radius 3 is 2.62 bits per heavy atom. The molecule has 2 N–H and O–H groups in total. The molecule has 0 atom stereocenters. The first-order valence-electron chi connectivity index (χ1n) is 7.91. The van der Waals surface area contributed by atoms with Gasteiger partial charge in [-0.25, -0.2) is 0 Å². The lowest BCUT2D eigenvalue weighted by atomic mass is 10.1. The smallest absolute Gasteiger partial charge is 0.252 e. The van der Waals surface area contributed by atoms with Gasteiger partial charge >= 0.3 is 0 Å². The first-order valence-corrected chi connectivity index (χ1v) is 8.28. The number of pyridine rings is 1. The highest BCUT2D eigenvalue weighted by molar-refractivity contribution is 6.30. The summed E-state index contributed by atoms with van der Waals surface area (Å²) in [6.07, 6.45) is 4.06. The fourth-order valence-electron chi connectivity index (χ4n) is 2.16. The Morgan fingerprint density at radius 2 is 1.92 bits per heavy atom. The van der Waals surface area contributed by atoms with E-state index in [9.17, 15) is 4.79 Å². The van der Waals surface area contributed by atoms with Crippen LogP contribution in [0.4, 0.5) is 5.69 Å². The largest absolute Gasteiger partial charge is 0.382 e. The number of halogens is 1. The molecule has 0 aliphatic heterocycles. The number of nitrogens with one attached hydrogen (secondary N) is 2. The van der Waals surface area contributed by atoms with Crippen LogP contribution < -0.4 is 10.6 Å². The molecule has 0 spiro atoms. The van der Waals surface area contributed by atoms with Crippen molar-refractivity contribution in [2.75, 3.05) is 39.0 Å². The number of carbonyl (C=O) groups excluding carboxylic acids is 1. The molecule has 2 aromatic rings. The average molecular weight is 347 g/mol. The normalized spacial score (nSPS) is 10.7. The zero-order valence-electron chi connectivity index (χ0n) is 14.1. The first-order chi connectivity index (χ1) is 11.5. The van der Waals surface area contributed by atoms with Crippen molar-refractivity contribution < 1.29 is 4.79 Å². The molecule has 1 amide bonds. The third-order valence-electron chi connectivity index (χ3n) is 3.50. The molecule has 0 saturated heterocycles. The number of benzene rings is 1. The molecule has 0 bridgehead atoms. The predicted octanol–water partition coefficient (Wildman–Crippen LogP) is 2.68. The fraction of sp³-hybridized carbons (Fsp3) is 0.333. The van der Waals surface area contributed by atoms with E-state index in [-0.39, 0.29) is 5.91 Å². The minimum Gasteiger partial charge on any atom is -0.382 e. The van der Waals surface area contributed by atoms with E-state index >= 15 is 0 Å². The van der Waals surface area contributed by atoms with Crippen molar-refractivity contribution >= 4 is 23.2 Å². The molecule has 128 valence electrons. The van der Waals surface area contributed by atoms with Crippen LogP contribution in [0.1, 0.15) is 15.9 Å². The molecule has 1 heterocycles. The molecular weight excluding hydrogens is 324 g/mol. The van der Waals surface area contributed by atoms with Gasteiger partial charge in [-0.1, -0.05) is 23.7 Å². The maximum absolute atomic E-state index is 12.2. The Hall–Kier alpha value is -2.11. The molecule has 0 aliphatic rings. The zero-order valence-corrected chi connectivity index (χ0v) is 14.8. The number of likely N-dealkylation sites (N-methyl/N-ethyl adjacent to an activating group) is 1. The van der Waals surface area contributed by atoms with Gasteiger partial charge in [0.15, 0.2) is 0 Å². The summed E-state index contributed by atoms with van der Waals surface area (Å²) in [5, 5.41) is 6.89. The van der Waals surface area contributed by atoms with Crippen LogP contribution in [0.3, 0.4) is 0 Å². The standard InChI is InChI=1S/C18H23ClN4O/c1-23(2)10-9-21-17-11-15(12-20-13-17)18(24)22-8-7-14-3-5-16(19)6-4-14/h3-6,11-13,21H,7-10H2,1-2H3,(H,22,24). The van der Waals surface area contributed by atoms with E-state index in [1.54, 1.807) is 12.4 Å². The Labute approximate surface area is 148 Å². The van der Waals surface area contributed by atoms with Crippen LogP contribution in [-0.4, -0.2) is 49.5 Å². The number of rotatable bonds is 8. The van der Waals surface area contributed by atoms with Crippen LogP contribution in [0.15, 0.2) is 42.7 Å². The van der Waals surface area contributed by atoms with Gasteiger partial charge in [-0.3, -0.25) is 9.78 Å². The molecule has 5 nitrogen and oxygen atoms in total. The van der Waals surface area contributed by atoms with Crippen LogP contribution in [0.25, 0.3) is 0 Å². The fourth-order valence-corrected chi connectivity index (χ4v) is 2.28. The van der Waals surface area contributed by atoms with E-state index in [0.717, 1.165) is 30.8 Å². The topological polar surface area (TPSA) is 57.3 Å². The number of nitrogens with zero attached hydrogens (tertiary/aromatic N) is 2. The second-order valence-electron chi connectivity index (χ2n) is 5.82. The maximum atomic E-state index is 12.2. The molecule has 0 aliphatic carbocycles. The summed E-state index contributed by atoms with van der Waals surface area (Å²) in [5.74, 6) is -0.118. The van der Waals surface area contributed by atoms with Gasteiger partial charge in [0.2, 0.25) is 0 Å². The summed E-state index contributed by atoms with van der Waals surface area (Å²) >= 11 is 5.86. The van der Waals surface area contributed by atoms with Crippen LogP contribution in [-0.2, 0) is 6.42 Å². The zero-order chi connectivity index (χ0) is 17.4. The molecule has 2 rings (SSSR count). The number of hydrogen-bond donors (Lipinski definition) is 2. The second-order valence-corrected chi connectivity index (χ2v) is 6.26. The van der Waals surface area contributed by atoms with E-state index in [1.807, 2.05) is 44.4 Å². The van der Waals surface area contributed by atoms with Crippen LogP contribution in [0, 0.1) is 0 Å². The summed E-state index contributed by atoms with van der Waals surface area (Å²) < 4.78 is 0. The summed E-state index contributed by atoms with van der Waals surface area (Å²) in [5.41, 5.74) is 2.54. The highest BCUT2D eigenvalue weighted by atomic mass is 35.5. The van der Waals surface area contributed by atoms with Crippen LogP contribution >= 0.6 is 11.6 Å². The van der Waals surface area contributed by atoms with E-state index in [1.165, 1.54) is 0 Å². The highest BCUT2D eigenvalue weighted by Gasteiger charge is 2.06. The SMILES string of the molecule is CN(C)CCNc1cncc(C(=O)NCCc2ccc(Cl)cc2)c1. The van der Waals surface area contributed by atoms with Gasteiger partial charge in [-0.05, 0) is 44.3 Å². The lowest BCUT2D eigenvalue weighted by Gasteiger charge is -2.12. The van der Waals surface area contributed by atoms with Crippen LogP contribution in [0.5, 0.6) is 0 Å². The summed E-state index contributed by atoms with van der Waals surface area (Å²) in [7, 11) is 4.04. The summed E-state index contributed by atoms with van der Waals surface area (Å²) in [4.78, 5) is 18.4. The maximum Gasteiger partial charge on any atom is 0.252 e. The monoisotopic (exact) mass is 346 g/mol. The molecule has 0 saturated carbocycles. The average Bonchev–Trinajstić information content (AvgIpc) is 2.56. The number of amides is 1. The molecule has 6 heteroatoms. The lowest BCUT2D eigenvalue weighted by molar-refractivity contribution is 0.0954. The van der Waals surface area contributed by atoms with E-state index in [2.05, 4.69) is 20.5 Å². The second kappa shape index (κ2) is 9.25. The summed E-state index contributed by atoms with van der Waals surface area (Å²) in [6, 6.07) is 9.45. The van der Waals surface area contributed by atoms with E-state index in [4.69, 9.17) is 11.6 Å². The van der Waals surface area contributed by atoms with Gasteiger partial charge in [0.25, 0.3) is 5.91 Å². The Kier molecular flexibility index (Phi) is 7.03. The molecule has 1 aromatic heterocycles. The van der Waals surface area contributed by atoms with Gasteiger partial charge in [0, 0.05) is 37.1 Å². The quantitative estimate of drug-likeness (QED) is 0.771. The lowest BCUT2D eigenvalue weighted by Crippen LogP contribution is -2.26. The molecule has 0 radical (unpaired) electrons. The number of anilines is 1. The third-order valence-corrected chi connectivity index (χ3v) is 3.75. The predicted molar refractivity (Wildman–Crippen MR) is 98.8 cm³/mol. The van der Waals surface area contributed by atoms with E-state index in [0.29, 0.717) is 17.1 Å². The number of aromatic nitrogens is 1. The third kappa shape index (κ3) is 6.18. The Balaban J connectivity index is 1.82. The van der Waals surface area contributed by atoms with E-state index < -0.39 is 0 Å². The van der Waals surface area contributed by atoms with Gasteiger partial charge in [0.1, 0.15) is 0 Å². The van der Waals surface area contributed by atoms with Crippen molar-refractivity contribution in [3.8, 4) is 0 Å². The van der Waals surface area contributed by atoms with Crippen molar-refractivity contribution in [1.29, 1.82) is 0 Å². The van der Waals surface area contributed by atoms with Crippen molar-refractivity contribution in [3.63, 3.8) is 0 Å². The van der Waals surface area contributed by atoms with Gasteiger partial charge in [0.05, 0.1) is 11.3 Å². The molecule has 0 unspecified atom stereocenters. The van der Waals surface area contributed by atoms with Gasteiger partial charge in [-0.2, -0.15) is 0 Å². The first kappa shape index (κ1) is 18.2. The van der Waals surface area contributed by atoms with Crippen molar-refractivity contribution in [3.05, 3.63) is 58.9 Å². The highest BCUT2D eigenvalue weighted by Crippen LogP contribution is 2.10. The van der Waals surface area contributed by atoms with Gasteiger partial charge < -0.3 is 15.5 Å². The van der Waals surface area contributed by atoms with Crippen molar-refractivity contribution in [2.24, 2.45) is 0 Å². The minimum atomic E-state index is -0.118. The summed E-state index contributed by atoms with van der Waals surface area (Å²) in [6.45, 7) is 2.28. The van der Waals surface area contributed by atoms with Crippen molar-refractivity contribution in [2.45, 2.75) is 6.42 Å². The van der Waals surface area contributed by atoms with Gasteiger partial charge in [-0.15, -0.1) is 0 Å². The van der Waals surface area contributed by atoms with Crippen LogP contribution in [0.2, 0.25) is 5.02 Å². The minimum absolute atomic E-state index is 0.118. The molecular formula is C18H23ClN4O. The number of carbonyl (C=O) groups is 1.